The van der Waals surface area contributed by atoms with Crippen LogP contribution in [-0.2, 0) is 13.1 Å². The number of ether oxygens (including phenoxy) is 2. The zero-order chi connectivity index (χ0) is 23.9. The molecule has 0 unspecified atom stereocenters. The van der Waals surface area contributed by atoms with Crippen molar-refractivity contribution < 1.29 is 18.7 Å². The van der Waals surface area contributed by atoms with Gasteiger partial charge in [-0.05, 0) is 60.2 Å². The summed E-state index contributed by atoms with van der Waals surface area (Å²) in [6, 6.07) is 14.5. The van der Waals surface area contributed by atoms with Gasteiger partial charge in [-0.25, -0.2) is 9.37 Å². The number of rotatable bonds is 11. The van der Waals surface area contributed by atoms with Gasteiger partial charge in [-0.3, -0.25) is 4.79 Å². The van der Waals surface area contributed by atoms with Crippen molar-refractivity contribution in [2.24, 2.45) is 5.92 Å². The SMILES string of the molecule is CCNCc1ccccc1-c1cnc(OCC2CC2)c(C(=O)NCc2ccc(OC)c(F)c2)c1. The van der Waals surface area contributed by atoms with E-state index in [0.29, 0.717) is 29.5 Å². The van der Waals surface area contributed by atoms with Gasteiger partial charge >= 0.3 is 0 Å². The molecule has 1 aliphatic rings. The number of pyridine rings is 1. The van der Waals surface area contributed by atoms with E-state index in [-0.39, 0.29) is 18.2 Å². The topological polar surface area (TPSA) is 72.5 Å². The molecule has 0 spiro atoms. The molecule has 3 aromatic rings. The van der Waals surface area contributed by atoms with Gasteiger partial charge in [0.05, 0.1) is 13.7 Å². The Bertz CT molecular complexity index is 1150. The summed E-state index contributed by atoms with van der Waals surface area (Å²) in [4.78, 5) is 17.7. The van der Waals surface area contributed by atoms with Gasteiger partial charge < -0.3 is 20.1 Å². The third-order valence-electron chi connectivity index (χ3n) is 5.81. The van der Waals surface area contributed by atoms with Crippen molar-refractivity contribution in [3.63, 3.8) is 0 Å². The van der Waals surface area contributed by atoms with E-state index in [1.165, 1.54) is 13.2 Å². The van der Waals surface area contributed by atoms with E-state index in [0.717, 1.165) is 42.6 Å². The fourth-order valence-corrected chi connectivity index (χ4v) is 3.67. The van der Waals surface area contributed by atoms with Crippen LogP contribution in [0.15, 0.2) is 54.7 Å². The molecule has 0 bridgehead atoms. The van der Waals surface area contributed by atoms with Gasteiger partial charge in [-0.2, -0.15) is 0 Å². The first-order valence-corrected chi connectivity index (χ1v) is 11.6. The summed E-state index contributed by atoms with van der Waals surface area (Å²) in [7, 11) is 1.42. The fraction of sp³-hybridized carbons (Fsp3) is 0.333. The van der Waals surface area contributed by atoms with Crippen LogP contribution in [0.25, 0.3) is 11.1 Å². The maximum absolute atomic E-state index is 14.0. The number of aromatic nitrogens is 1. The third-order valence-corrected chi connectivity index (χ3v) is 5.81. The molecule has 2 aromatic carbocycles. The highest BCUT2D eigenvalue weighted by Gasteiger charge is 2.24. The van der Waals surface area contributed by atoms with E-state index < -0.39 is 5.82 Å². The lowest BCUT2D eigenvalue weighted by Crippen LogP contribution is -2.24. The van der Waals surface area contributed by atoms with Crippen LogP contribution in [0.3, 0.4) is 0 Å². The molecule has 1 aromatic heterocycles. The molecule has 0 atom stereocenters. The second-order valence-corrected chi connectivity index (χ2v) is 8.42. The lowest BCUT2D eigenvalue weighted by atomic mass is 9.99. The first-order chi connectivity index (χ1) is 16.6. The minimum atomic E-state index is -0.469. The number of hydrogen-bond donors (Lipinski definition) is 2. The molecular formula is C27H30FN3O3. The minimum Gasteiger partial charge on any atom is -0.494 e. The van der Waals surface area contributed by atoms with Crippen LogP contribution in [0.1, 0.15) is 41.3 Å². The molecule has 4 rings (SSSR count). The first-order valence-electron chi connectivity index (χ1n) is 11.6. The Morgan fingerprint density at radius 3 is 2.71 bits per heavy atom. The molecule has 34 heavy (non-hydrogen) atoms. The molecule has 6 nitrogen and oxygen atoms in total. The van der Waals surface area contributed by atoms with Crippen LogP contribution in [-0.4, -0.2) is 31.2 Å². The van der Waals surface area contributed by atoms with E-state index in [1.54, 1.807) is 18.3 Å². The largest absolute Gasteiger partial charge is 0.494 e. The highest BCUT2D eigenvalue weighted by atomic mass is 19.1. The fourth-order valence-electron chi connectivity index (χ4n) is 3.67. The van der Waals surface area contributed by atoms with Crippen molar-refractivity contribution in [3.05, 3.63) is 77.2 Å². The number of carbonyl (C=O) groups excluding carboxylic acids is 1. The van der Waals surface area contributed by atoms with Crippen LogP contribution >= 0.6 is 0 Å². The monoisotopic (exact) mass is 463 g/mol. The molecule has 0 saturated heterocycles. The van der Waals surface area contributed by atoms with E-state index in [9.17, 15) is 9.18 Å². The van der Waals surface area contributed by atoms with Crippen molar-refractivity contribution in [1.29, 1.82) is 0 Å². The van der Waals surface area contributed by atoms with E-state index in [4.69, 9.17) is 9.47 Å². The number of carbonyl (C=O) groups is 1. The Balaban J connectivity index is 1.58. The summed E-state index contributed by atoms with van der Waals surface area (Å²) in [5.41, 5.74) is 3.97. The summed E-state index contributed by atoms with van der Waals surface area (Å²) in [5.74, 6) is 0.224. The zero-order valence-electron chi connectivity index (χ0n) is 19.6. The smallest absolute Gasteiger partial charge is 0.257 e. The van der Waals surface area contributed by atoms with Gasteiger partial charge in [0.15, 0.2) is 11.6 Å². The van der Waals surface area contributed by atoms with Crippen LogP contribution in [0.2, 0.25) is 0 Å². The summed E-state index contributed by atoms with van der Waals surface area (Å²) in [6.45, 7) is 4.36. The van der Waals surface area contributed by atoms with Crippen molar-refractivity contribution in [2.45, 2.75) is 32.9 Å². The van der Waals surface area contributed by atoms with Gasteiger partial charge in [0.1, 0.15) is 5.56 Å². The molecule has 1 aliphatic carbocycles. The molecule has 2 N–H and O–H groups in total. The predicted octanol–water partition coefficient (Wildman–Crippen LogP) is 4.72. The Hall–Kier alpha value is -3.45. The van der Waals surface area contributed by atoms with Gasteiger partial charge in [0, 0.05) is 24.8 Å². The summed E-state index contributed by atoms with van der Waals surface area (Å²) in [6.07, 6.45) is 4.03. The maximum Gasteiger partial charge on any atom is 0.257 e. The molecular weight excluding hydrogens is 433 g/mol. The standard InChI is InChI=1S/C27H30FN3O3/c1-3-29-15-20-6-4-5-7-22(20)21-13-23(27(31-16-21)34-17-18-8-9-18)26(32)30-14-19-10-11-25(33-2)24(28)12-19/h4-7,10-13,16,18,29H,3,8-9,14-15,17H2,1-2H3,(H,30,32). The molecule has 7 heteroatoms. The number of methoxy groups -OCH3 is 1. The molecule has 1 amide bonds. The first kappa shape index (κ1) is 23.7. The summed E-state index contributed by atoms with van der Waals surface area (Å²) in [5, 5.41) is 6.22. The number of benzene rings is 2. The highest BCUT2D eigenvalue weighted by Crippen LogP contribution is 2.31. The Kier molecular flexibility index (Phi) is 7.75. The number of nitrogens with zero attached hydrogens (tertiary/aromatic N) is 1. The lowest BCUT2D eigenvalue weighted by molar-refractivity contribution is 0.0945. The lowest BCUT2D eigenvalue weighted by Gasteiger charge is -2.15. The van der Waals surface area contributed by atoms with Crippen LogP contribution in [0.4, 0.5) is 4.39 Å². The molecule has 0 aliphatic heterocycles. The number of amides is 1. The van der Waals surface area contributed by atoms with Gasteiger partial charge in [0.25, 0.3) is 5.91 Å². The highest BCUT2D eigenvalue weighted by molar-refractivity contribution is 5.97. The number of nitrogens with one attached hydrogen (secondary N) is 2. The van der Waals surface area contributed by atoms with Crippen LogP contribution in [0, 0.1) is 11.7 Å². The van der Waals surface area contributed by atoms with Crippen LogP contribution < -0.4 is 20.1 Å². The van der Waals surface area contributed by atoms with E-state index >= 15 is 0 Å². The Labute approximate surface area is 199 Å². The average Bonchev–Trinajstić information content (AvgIpc) is 3.69. The number of halogens is 1. The van der Waals surface area contributed by atoms with Gasteiger partial charge in [-0.1, -0.05) is 37.3 Å². The number of hydrogen-bond acceptors (Lipinski definition) is 5. The molecule has 1 heterocycles. The minimum absolute atomic E-state index is 0.166. The quantitative estimate of drug-likeness (QED) is 0.430. The second kappa shape index (κ2) is 11.1. The van der Waals surface area contributed by atoms with Crippen molar-refractivity contribution in [2.75, 3.05) is 20.3 Å². The molecule has 0 radical (unpaired) electrons. The maximum atomic E-state index is 14.0. The van der Waals surface area contributed by atoms with Crippen molar-refractivity contribution >= 4 is 5.91 Å². The van der Waals surface area contributed by atoms with Crippen molar-refractivity contribution in [3.8, 4) is 22.8 Å². The molecule has 178 valence electrons. The van der Waals surface area contributed by atoms with Gasteiger partial charge in [0.2, 0.25) is 5.88 Å². The molecule has 1 fully saturated rings. The Morgan fingerprint density at radius 1 is 1.15 bits per heavy atom. The summed E-state index contributed by atoms with van der Waals surface area (Å²) >= 11 is 0. The van der Waals surface area contributed by atoms with Crippen LogP contribution in [0.5, 0.6) is 11.6 Å². The average molecular weight is 464 g/mol. The Morgan fingerprint density at radius 2 is 1.97 bits per heavy atom. The third kappa shape index (κ3) is 5.91. The van der Waals surface area contributed by atoms with E-state index in [2.05, 4.69) is 28.6 Å². The van der Waals surface area contributed by atoms with E-state index in [1.807, 2.05) is 24.3 Å². The zero-order valence-corrected chi connectivity index (χ0v) is 19.6. The molecule has 1 saturated carbocycles. The van der Waals surface area contributed by atoms with Gasteiger partial charge in [-0.15, -0.1) is 0 Å². The predicted molar refractivity (Wildman–Crippen MR) is 129 cm³/mol. The normalized spacial score (nSPS) is 12.9. The second-order valence-electron chi connectivity index (χ2n) is 8.42. The summed E-state index contributed by atoms with van der Waals surface area (Å²) < 4.78 is 24.9. The van der Waals surface area contributed by atoms with Crippen molar-refractivity contribution in [1.82, 2.24) is 15.6 Å².